The molecule has 0 bridgehead atoms. The molecule has 6 aromatic rings. The second kappa shape index (κ2) is 13.5. The Bertz CT molecular complexity index is 1860. The first-order valence-electron chi connectivity index (χ1n) is 15.9. The van der Waals surface area contributed by atoms with Crippen LogP contribution in [0.1, 0.15) is 94.9 Å². The van der Waals surface area contributed by atoms with Gasteiger partial charge in [-0.3, -0.25) is 9.36 Å². The van der Waals surface area contributed by atoms with Gasteiger partial charge in [-0.05, 0) is 25.7 Å². The van der Waals surface area contributed by atoms with Crippen LogP contribution in [0, 0.1) is 0 Å². The molecule has 0 unspecified atom stereocenters. The molecule has 0 radical (unpaired) electrons. The Hall–Kier alpha value is -4.16. The fraction of sp³-hybridized carbons (Fsp3) is 0.455. The van der Waals surface area contributed by atoms with Gasteiger partial charge in [0.15, 0.2) is 11.3 Å². The zero-order chi connectivity index (χ0) is 31.9. The molecule has 8 rings (SSSR count). The highest BCUT2D eigenvalue weighted by Crippen LogP contribution is 2.40. The molecule has 0 aliphatic heterocycles. The standard InChI is InChI=1S/2C16H19ClN6.CH4/c2*1-22-9-11(7-19-22)12-8-20-23-15(18)13(17)14(21-16(12)23)10-5-3-2-4-6-10;/h2*7-10H,2-6,18H2,1H3;1H4. The summed E-state index contributed by atoms with van der Waals surface area (Å²) in [4.78, 5) is 9.71. The highest BCUT2D eigenvalue weighted by molar-refractivity contribution is 6.34. The first kappa shape index (κ1) is 32.8. The second-order valence-electron chi connectivity index (χ2n) is 12.5. The molecular formula is C33H42Cl2N12. The summed E-state index contributed by atoms with van der Waals surface area (Å²) in [5, 5.41) is 18.3. The number of halogens is 2. The fourth-order valence-corrected chi connectivity index (χ4v) is 7.40. The molecule has 4 N–H and O–H groups in total. The summed E-state index contributed by atoms with van der Waals surface area (Å²) in [6.45, 7) is 0. The number of aryl methyl sites for hydroxylation is 2. The molecule has 0 amide bonds. The summed E-state index contributed by atoms with van der Waals surface area (Å²) in [5.41, 5.74) is 19.6. The van der Waals surface area contributed by atoms with E-state index >= 15 is 0 Å². The van der Waals surface area contributed by atoms with Crippen molar-refractivity contribution in [1.29, 1.82) is 0 Å². The van der Waals surface area contributed by atoms with E-state index in [1.807, 2.05) is 38.9 Å². The van der Waals surface area contributed by atoms with E-state index in [1.165, 1.54) is 38.5 Å². The van der Waals surface area contributed by atoms with Crippen molar-refractivity contribution in [2.24, 2.45) is 14.1 Å². The Morgan fingerprint density at radius 2 is 0.979 bits per heavy atom. The lowest BCUT2D eigenvalue weighted by atomic mass is 9.86. The predicted octanol–water partition coefficient (Wildman–Crippen LogP) is 7.46. The SMILES string of the molecule is C.Cn1cc(-c2cnn3c(N)c(Cl)c(C4CCCCC4)nc23)cn1.Cn1cc(-c2cnn3c(N)c(Cl)c(C4CCCCC4)nc23)cn1. The van der Waals surface area contributed by atoms with Crippen LogP contribution in [-0.2, 0) is 14.1 Å². The lowest BCUT2D eigenvalue weighted by Gasteiger charge is -2.22. The Labute approximate surface area is 284 Å². The van der Waals surface area contributed by atoms with E-state index in [1.54, 1.807) is 30.8 Å². The maximum Gasteiger partial charge on any atom is 0.165 e. The normalized spacial score (nSPS) is 15.9. The van der Waals surface area contributed by atoms with Gasteiger partial charge in [-0.15, -0.1) is 0 Å². The number of aromatic nitrogens is 10. The van der Waals surface area contributed by atoms with Gasteiger partial charge in [0.2, 0.25) is 0 Å². The maximum absolute atomic E-state index is 6.50. The molecule has 2 aliphatic carbocycles. The van der Waals surface area contributed by atoms with Gasteiger partial charge in [-0.2, -0.15) is 29.4 Å². The molecule has 248 valence electrons. The third-order valence-corrected chi connectivity index (χ3v) is 10.1. The van der Waals surface area contributed by atoms with E-state index in [0.717, 1.165) is 70.6 Å². The van der Waals surface area contributed by atoms with Gasteiger partial charge in [-0.25, -0.2) is 9.97 Å². The largest absolute Gasteiger partial charge is 0.382 e. The van der Waals surface area contributed by atoms with Crippen LogP contribution in [0.15, 0.2) is 37.2 Å². The van der Waals surface area contributed by atoms with Crippen molar-refractivity contribution >= 4 is 46.1 Å². The minimum Gasteiger partial charge on any atom is -0.382 e. The maximum atomic E-state index is 6.50. The van der Waals surface area contributed by atoms with Crippen molar-refractivity contribution in [2.45, 2.75) is 83.5 Å². The van der Waals surface area contributed by atoms with Gasteiger partial charge in [-0.1, -0.05) is 69.2 Å². The van der Waals surface area contributed by atoms with E-state index in [9.17, 15) is 0 Å². The Kier molecular flexibility index (Phi) is 9.43. The monoisotopic (exact) mass is 676 g/mol. The van der Waals surface area contributed by atoms with Crippen molar-refractivity contribution in [3.63, 3.8) is 0 Å². The summed E-state index contributed by atoms with van der Waals surface area (Å²) < 4.78 is 6.77. The number of nitrogens with zero attached hydrogens (tertiary/aromatic N) is 10. The Morgan fingerprint density at radius 1 is 0.596 bits per heavy atom. The quantitative estimate of drug-likeness (QED) is 0.195. The zero-order valence-electron chi connectivity index (χ0n) is 26.1. The summed E-state index contributed by atoms with van der Waals surface area (Å²) in [5.74, 6) is 1.71. The van der Waals surface area contributed by atoms with Crippen LogP contribution in [0.5, 0.6) is 0 Å². The van der Waals surface area contributed by atoms with Crippen molar-refractivity contribution in [1.82, 2.24) is 48.8 Å². The van der Waals surface area contributed by atoms with Gasteiger partial charge >= 0.3 is 0 Å². The Balaban J connectivity index is 0.000000161. The van der Waals surface area contributed by atoms with Crippen molar-refractivity contribution in [3.05, 3.63) is 58.6 Å². The molecule has 0 aromatic carbocycles. The van der Waals surface area contributed by atoms with E-state index in [0.29, 0.717) is 33.5 Å². The number of fused-ring (bicyclic) bond motifs is 2. The van der Waals surface area contributed by atoms with Gasteiger partial charge in [0.05, 0.1) is 36.2 Å². The Morgan fingerprint density at radius 3 is 1.32 bits per heavy atom. The van der Waals surface area contributed by atoms with Crippen LogP contribution in [0.25, 0.3) is 33.5 Å². The first-order chi connectivity index (χ1) is 22.3. The smallest absolute Gasteiger partial charge is 0.165 e. The average molecular weight is 678 g/mol. The van der Waals surface area contributed by atoms with Crippen LogP contribution in [0.3, 0.4) is 0 Å². The van der Waals surface area contributed by atoms with Crippen molar-refractivity contribution < 1.29 is 0 Å². The lowest BCUT2D eigenvalue weighted by Crippen LogP contribution is -2.11. The predicted molar refractivity (Wildman–Crippen MR) is 188 cm³/mol. The number of hydrogen-bond donors (Lipinski definition) is 2. The summed E-state index contributed by atoms with van der Waals surface area (Å²) in [6, 6.07) is 0. The second-order valence-corrected chi connectivity index (χ2v) is 13.2. The molecule has 2 aliphatic rings. The molecule has 2 fully saturated rings. The molecule has 0 saturated heterocycles. The van der Waals surface area contributed by atoms with E-state index in [4.69, 9.17) is 44.6 Å². The molecule has 2 saturated carbocycles. The number of nitrogens with two attached hydrogens (primary N) is 2. The summed E-state index contributed by atoms with van der Waals surface area (Å²) >= 11 is 13.0. The summed E-state index contributed by atoms with van der Waals surface area (Å²) in [6.07, 6.45) is 23.0. The number of hydrogen-bond acceptors (Lipinski definition) is 8. The molecule has 6 heterocycles. The minimum atomic E-state index is 0. The van der Waals surface area contributed by atoms with Gasteiger partial charge < -0.3 is 11.5 Å². The first-order valence-corrected chi connectivity index (χ1v) is 16.7. The van der Waals surface area contributed by atoms with Gasteiger partial charge in [0.1, 0.15) is 21.7 Å². The molecule has 6 aromatic heterocycles. The van der Waals surface area contributed by atoms with Crippen LogP contribution < -0.4 is 11.5 Å². The third kappa shape index (κ3) is 6.16. The molecular weight excluding hydrogens is 635 g/mol. The van der Waals surface area contributed by atoms with Crippen LogP contribution in [-0.4, -0.2) is 48.8 Å². The number of rotatable bonds is 4. The van der Waals surface area contributed by atoms with Crippen LogP contribution in [0.2, 0.25) is 10.0 Å². The van der Waals surface area contributed by atoms with Gasteiger partial charge in [0.25, 0.3) is 0 Å². The van der Waals surface area contributed by atoms with Crippen molar-refractivity contribution in [2.75, 3.05) is 11.5 Å². The van der Waals surface area contributed by atoms with Gasteiger partial charge in [0, 0.05) is 60.6 Å². The third-order valence-electron chi connectivity index (χ3n) is 9.31. The molecule has 47 heavy (non-hydrogen) atoms. The highest BCUT2D eigenvalue weighted by Gasteiger charge is 2.26. The molecule has 14 heteroatoms. The van der Waals surface area contributed by atoms with E-state index < -0.39 is 0 Å². The number of nitrogen functional groups attached to an aromatic ring is 2. The van der Waals surface area contributed by atoms with E-state index in [-0.39, 0.29) is 7.43 Å². The highest BCUT2D eigenvalue weighted by atomic mass is 35.5. The topological polar surface area (TPSA) is 148 Å². The fourth-order valence-electron chi connectivity index (χ4n) is 6.85. The minimum absolute atomic E-state index is 0. The zero-order valence-corrected chi connectivity index (χ0v) is 27.6. The average Bonchev–Trinajstić information content (AvgIpc) is 3.88. The van der Waals surface area contributed by atoms with Crippen molar-refractivity contribution in [3.8, 4) is 22.3 Å². The molecule has 0 atom stereocenters. The number of anilines is 2. The lowest BCUT2D eigenvalue weighted by molar-refractivity contribution is 0.437. The van der Waals surface area contributed by atoms with E-state index in [2.05, 4.69) is 20.4 Å². The molecule has 12 nitrogen and oxygen atoms in total. The van der Waals surface area contributed by atoms with Crippen LogP contribution in [0.4, 0.5) is 11.6 Å². The summed E-state index contributed by atoms with van der Waals surface area (Å²) in [7, 11) is 3.78. The molecule has 0 spiro atoms. The van der Waals surface area contributed by atoms with Crippen LogP contribution >= 0.6 is 23.2 Å².